The Labute approximate surface area is 184 Å². The average molecular weight is 427 g/mol. The first kappa shape index (κ1) is 18.9. The van der Waals surface area contributed by atoms with Crippen LogP contribution >= 0.6 is 0 Å². The molecule has 0 spiro atoms. The van der Waals surface area contributed by atoms with Crippen LogP contribution in [-0.2, 0) is 20.7 Å². The van der Waals surface area contributed by atoms with Gasteiger partial charge in [-0.15, -0.1) is 0 Å². The molecule has 3 aromatic rings. The van der Waals surface area contributed by atoms with Crippen molar-refractivity contribution in [3.05, 3.63) is 71.0 Å². The molecule has 0 aliphatic carbocycles. The van der Waals surface area contributed by atoms with E-state index in [1.807, 2.05) is 74.2 Å². The number of imide groups is 1. The maximum absolute atomic E-state index is 13.4. The van der Waals surface area contributed by atoms with E-state index < -0.39 is 23.5 Å². The van der Waals surface area contributed by atoms with E-state index in [0.717, 1.165) is 16.6 Å². The van der Waals surface area contributed by atoms with Gasteiger partial charge in [0.15, 0.2) is 0 Å². The molecule has 1 unspecified atom stereocenters. The second kappa shape index (κ2) is 6.09. The van der Waals surface area contributed by atoms with Crippen LogP contribution in [0.2, 0.25) is 0 Å². The third-order valence-electron chi connectivity index (χ3n) is 6.18. The Morgan fingerprint density at radius 1 is 1.03 bits per heavy atom. The molecule has 6 rings (SSSR count). The van der Waals surface area contributed by atoms with Crippen LogP contribution in [0.3, 0.4) is 0 Å². The van der Waals surface area contributed by atoms with E-state index >= 15 is 0 Å². The summed E-state index contributed by atoms with van der Waals surface area (Å²) in [5.41, 5.74) is 3.89. The van der Waals surface area contributed by atoms with E-state index in [9.17, 15) is 14.4 Å². The average Bonchev–Trinajstić information content (AvgIpc) is 3.36. The van der Waals surface area contributed by atoms with Crippen molar-refractivity contribution in [1.29, 1.82) is 0 Å². The van der Waals surface area contributed by atoms with Gasteiger partial charge in [-0.3, -0.25) is 14.9 Å². The molecule has 32 heavy (non-hydrogen) atoms. The van der Waals surface area contributed by atoms with E-state index in [2.05, 4.69) is 5.32 Å². The lowest BCUT2D eigenvalue weighted by Crippen LogP contribution is -2.36. The molecular weight excluding hydrogens is 406 g/mol. The number of benzene rings is 2. The highest BCUT2D eigenvalue weighted by Gasteiger charge is 2.50. The predicted molar refractivity (Wildman–Crippen MR) is 119 cm³/mol. The van der Waals surface area contributed by atoms with Gasteiger partial charge in [0, 0.05) is 23.1 Å². The van der Waals surface area contributed by atoms with E-state index in [4.69, 9.17) is 4.74 Å². The van der Waals surface area contributed by atoms with Gasteiger partial charge in [0.05, 0.1) is 22.8 Å². The normalized spacial score (nSPS) is 19.0. The summed E-state index contributed by atoms with van der Waals surface area (Å²) in [5, 5.41) is 3.22. The topological polar surface area (TPSA) is 80.6 Å². The lowest BCUT2D eigenvalue weighted by atomic mass is 9.92. The predicted octanol–water partition coefficient (Wildman–Crippen LogP) is 3.91. The third kappa shape index (κ3) is 2.39. The Morgan fingerprint density at radius 2 is 1.75 bits per heavy atom. The number of hydrogen-bond acceptors (Lipinski definition) is 5. The van der Waals surface area contributed by atoms with Crippen LogP contribution in [0.1, 0.15) is 43.6 Å². The van der Waals surface area contributed by atoms with Gasteiger partial charge in [-0.05, 0) is 38.5 Å². The lowest BCUT2D eigenvalue weighted by molar-refractivity contribution is -0.123. The monoisotopic (exact) mass is 427 g/mol. The number of nitrogens with zero attached hydrogens (tertiary/aromatic N) is 2. The molecule has 2 aromatic carbocycles. The molecule has 2 amide bonds. The number of fused-ring (bicyclic) bond motifs is 9. The quantitative estimate of drug-likeness (QED) is 0.550. The van der Waals surface area contributed by atoms with Gasteiger partial charge in [-0.1, -0.05) is 36.4 Å². The molecule has 0 radical (unpaired) electrons. The number of anilines is 1. The van der Waals surface area contributed by atoms with Crippen LogP contribution < -0.4 is 10.2 Å². The third-order valence-corrected chi connectivity index (χ3v) is 6.18. The summed E-state index contributed by atoms with van der Waals surface area (Å²) in [6.45, 7) is 5.47. The summed E-state index contributed by atoms with van der Waals surface area (Å²) in [5.74, 6) is -0.854. The molecule has 1 N–H and O–H groups in total. The van der Waals surface area contributed by atoms with Crippen molar-refractivity contribution < 1.29 is 19.1 Å². The van der Waals surface area contributed by atoms with Crippen molar-refractivity contribution in [2.45, 2.75) is 38.8 Å². The molecule has 0 fully saturated rings. The van der Waals surface area contributed by atoms with Gasteiger partial charge in [0.1, 0.15) is 11.3 Å². The van der Waals surface area contributed by atoms with Crippen LogP contribution in [0.25, 0.3) is 16.5 Å². The number of rotatable bonds is 0. The minimum atomic E-state index is -0.687. The minimum absolute atomic E-state index is 0.308. The van der Waals surface area contributed by atoms with Gasteiger partial charge >= 0.3 is 6.09 Å². The number of carbonyl (C=O) groups is 3. The fraction of sp³-hybridized carbons (Fsp3) is 0.240. The van der Waals surface area contributed by atoms with Crippen LogP contribution in [-0.4, -0.2) is 28.1 Å². The number of nitrogens with one attached hydrogen (secondary N) is 1. The molecular formula is C25H21N3O4. The fourth-order valence-electron chi connectivity index (χ4n) is 5.13. The fourth-order valence-corrected chi connectivity index (χ4v) is 5.13. The van der Waals surface area contributed by atoms with Crippen molar-refractivity contribution >= 4 is 40.1 Å². The Morgan fingerprint density at radius 3 is 2.53 bits per heavy atom. The summed E-state index contributed by atoms with van der Waals surface area (Å²) >= 11 is 0. The van der Waals surface area contributed by atoms with Gasteiger partial charge in [-0.2, -0.15) is 0 Å². The number of amides is 2. The summed E-state index contributed by atoms with van der Waals surface area (Å²) in [4.78, 5) is 41.3. The van der Waals surface area contributed by atoms with Crippen molar-refractivity contribution in [2.75, 3.05) is 4.90 Å². The van der Waals surface area contributed by atoms with Gasteiger partial charge in [0.25, 0.3) is 11.8 Å². The summed E-state index contributed by atoms with van der Waals surface area (Å²) in [7, 11) is 0. The minimum Gasteiger partial charge on any atom is -0.443 e. The Kier molecular flexibility index (Phi) is 3.59. The van der Waals surface area contributed by atoms with Crippen LogP contribution in [0.4, 0.5) is 10.5 Å². The number of para-hydroxylation sites is 2. The van der Waals surface area contributed by atoms with Gasteiger partial charge < -0.3 is 9.64 Å². The number of carbonyl (C=O) groups excluding carboxylic acids is 3. The largest absolute Gasteiger partial charge is 0.443 e. The number of ether oxygens (including phenoxy) is 1. The maximum atomic E-state index is 13.4. The van der Waals surface area contributed by atoms with Crippen molar-refractivity contribution in [2.24, 2.45) is 0 Å². The van der Waals surface area contributed by atoms with Gasteiger partial charge in [0.2, 0.25) is 0 Å². The highest BCUT2D eigenvalue weighted by atomic mass is 16.6. The summed E-state index contributed by atoms with van der Waals surface area (Å²) < 4.78 is 7.35. The highest BCUT2D eigenvalue weighted by molar-refractivity contribution is 6.39. The Bertz CT molecular complexity index is 1410. The number of aromatic nitrogens is 1. The van der Waals surface area contributed by atoms with Crippen LogP contribution in [0.15, 0.2) is 54.2 Å². The molecule has 3 aliphatic heterocycles. The van der Waals surface area contributed by atoms with Crippen LogP contribution in [0.5, 0.6) is 0 Å². The lowest BCUT2D eigenvalue weighted by Gasteiger charge is -2.33. The molecule has 0 saturated heterocycles. The van der Waals surface area contributed by atoms with E-state index in [-0.39, 0.29) is 6.04 Å². The first-order valence-corrected chi connectivity index (χ1v) is 10.6. The smallest absolute Gasteiger partial charge is 0.419 e. The summed E-state index contributed by atoms with van der Waals surface area (Å²) in [6, 6.07) is 15.0. The van der Waals surface area contributed by atoms with E-state index in [1.54, 1.807) is 4.57 Å². The van der Waals surface area contributed by atoms with Crippen LogP contribution in [0, 0.1) is 0 Å². The first-order valence-electron chi connectivity index (χ1n) is 10.6. The van der Waals surface area contributed by atoms with Gasteiger partial charge in [-0.25, -0.2) is 9.36 Å². The van der Waals surface area contributed by atoms with Crippen molar-refractivity contribution in [3.8, 4) is 0 Å². The first-order chi connectivity index (χ1) is 15.3. The maximum Gasteiger partial charge on any atom is 0.419 e. The van der Waals surface area contributed by atoms with E-state index in [1.165, 1.54) is 0 Å². The number of hydrogen-bond donors (Lipinski definition) is 1. The Hall–Kier alpha value is -3.87. The zero-order chi connectivity index (χ0) is 22.4. The van der Waals surface area contributed by atoms with Crippen molar-refractivity contribution in [1.82, 2.24) is 9.88 Å². The molecule has 0 bridgehead atoms. The molecule has 1 aromatic heterocycles. The second-order valence-corrected chi connectivity index (χ2v) is 9.32. The molecule has 1 atom stereocenters. The summed E-state index contributed by atoms with van der Waals surface area (Å²) in [6.07, 6.45) is 0.111. The zero-order valence-corrected chi connectivity index (χ0v) is 17.9. The molecule has 160 valence electrons. The standard InChI is InChI=1S/C25H21N3O4/c1-25(2,3)32-24(31)28-16-11-7-5-9-14(16)18-19-21(23(30)26-22(19)29)27-15-10-6-4-8-13(15)12-17(27)20(18)28/h4-11,17H,12H2,1-3H3,(H,26,29,30). The molecule has 4 heterocycles. The zero-order valence-electron chi connectivity index (χ0n) is 17.9. The molecule has 3 aliphatic rings. The Balaban J connectivity index is 1.71. The second-order valence-electron chi connectivity index (χ2n) is 9.32. The SMILES string of the molecule is CC(C)(C)OC(=O)n1c2c(c3ccccc31)C1=C(C(=O)NC1=O)N1c3ccccc3CC21. The highest BCUT2D eigenvalue weighted by Crippen LogP contribution is 2.53. The van der Waals surface area contributed by atoms with Crippen molar-refractivity contribution in [3.63, 3.8) is 0 Å². The molecule has 7 heteroatoms. The molecule has 0 saturated carbocycles. The van der Waals surface area contributed by atoms with E-state index in [0.29, 0.717) is 34.5 Å². The molecule has 7 nitrogen and oxygen atoms in total.